The Balaban J connectivity index is 1.15. The highest BCUT2D eigenvalue weighted by Crippen LogP contribution is 2.36. The fraction of sp³-hybridized carbons (Fsp3) is 0.763. The molecule has 24 heteroatoms. The molecular weight excluding hydrogens is 840 g/mol. The van der Waals surface area contributed by atoms with Crippen molar-refractivity contribution in [1.82, 2.24) is 0 Å². The average Bonchev–Trinajstić information content (AvgIpc) is 3.54. The first-order valence-corrected chi connectivity index (χ1v) is 19.8. The summed E-state index contributed by atoms with van der Waals surface area (Å²) < 4.78 is 61.7. The Bertz CT molecular complexity index is 1620. The number of carbonyl (C=O) groups is 1. The average molecular weight is 897 g/mol. The van der Waals surface area contributed by atoms with Gasteiger partial charge in [-0.05, 0) is 37.6 Å². The molecule has 0 unspecified atom stereocenters. The van der Waals surface area contributed by atoms with Gasteiger partial charge in [0.1, 0.15) is 90.7 Å². The van der Waals surface area contributed by atoms with Crippen LogP contribution in [0.3, 0.4) is 0 Å². The molecule has 5 heterocycles. The third-order valence-corrected chi connectivity index (χ3v) is 11.3. The van der Waals surface area contributed by atoms with Crippen LogP contribution in [0.4, 0.5) is 0 Å². The molecule has 0 saturated carbocycles. The van der Waals surface area contributed by atoms with Crippen molar-refractivity contribution in [2.45, 2.75) is 149 Å². The molecule has 5 aliphatic heterocycles. The second-order valence-electron chi connectivity index (χ2n) is 15.7. The van der Waals surface area contributed by atoms with E-state index in [4.69, 9.17) is 52.1 Å². The van der Waals surface area contributed by atoms with Crippen LogP contribution in [0.1, 0.15) is 19.4 Å². The zero-order chi connectivity index (χ0) is 45.2. The summed E-state index contributed by atoms with van der Waals surface area (Å²) in [6.45, 7) is -0.0383. The highest BCUT2D eigenvalue weighted by atomic mass is 16.8. The summed E-state index contributed by atoms with van der Waals surface area (Å²) >= 11 is 0. The highest BCUT2D eigenvalue weighted by molar-refractivity contribution is 5.87. The number of hydrogen-bond donors (Lipinski definition) is 12. The Morgan fingerprint density at radius 1 is 0.694 bits per heavy atom. The standard InChI is InChI=1S/C38H56O24/c1-14-28(59-20(41)9-6-16-4-7-17(52-3)8-5-16)26(47)31(33(50)55-14)62-36-27(48)30(61-37-32(49)38(51,12-40)13-54-37)29(15(2)56-36)60-34-24(45)22(43)19(11-53-34)58-35-25(46)23(44)21(42)18(10-39)57-35/h4-9,14-15,18-19,21-37,39-40,42-51H,10-13H2,1-3H3/b9-6+/t14-,15+,18-,19-,21+,22+,23+,24-,25-,26+,27-,28+,29+,30+,31-,32+,33-,34+,35+,36+,37+,38-/m1/s1. The van der Waals surface area contributed by atoms with Crippen molar-refractivity contribution in [1.29, 1.82) is 0 Å². The van der Waals surface area contributed by atoms with Crippen LogP contribution in [0.15, 0.2) is 30.3 Å². The second-order valence-corrected chi connectivity index (χ2v) is 15.7. The number of esters is 1. The van der Waals surface area contributed by atoms with E-state index in [1.54, 1.807) is 24.3 Å². The van der Waals surface area contributed by atoms with Gasteiger partial charge in [0.05, 0.1) is 45.7 Å². The van der Waals surface area contributed by atoms with Crippen LogP contribution in [0.5, 0.6) is 5.75 Å². The van der Waals surface area contributed by atoms with Crippen molar-refractivity contribution in [3.8, 4) is 5.75 Å². The van der Waals surface area contributed by atoms with Gasteiger partial charge in [0.15, 0.2) is 37.6 Å². The maximum Gasteiger partial charge on any atom is 0.331 e. The zero-order valence-electron chi connectivity index (χ0n) is 33.7. The predicted molar refractivity (Wildman–Crippen MR) is 198 cm³/mol. The number of aliphatic hydroxyl groups is 12. The molecule has 352 valence electrons. The number of hydrogen-bond acceptors (Lipinski definition) is 24. The molecule has 12 N–H and O–H groups in total. The number of aliphatic hydroxyl groups excluding tert-OH is 11. The molecule has 1 aromatic carbocycles. The molecule has 62 heavy (non-hydrogen) atoms. The van der Waals surface area contributed by atoms with Crippen LogP contribution in [0, 0.1) is 0 Å². The Morgan fingerprint density at radius 2 is 1.32 bits per heavy atom. The molecule has 0 aliphatic carbocycles. The van der Waals surface area contributed by atoms with Gasteiger partial charge >= 0.3 is 5.97 Å². The lowest BCUT2D eigenvalue weighted by Crippen LogP contribution is -2.66. The molecule has 22 atom stereocenters. The number of methoxy groups -OCH3 is 1. The van der Waals surface area contributed by atoms with Crippen molar-refractivity contribution in [3.63, 3.8) is 0 Å². The third-order valence-electron chi connectivity index (χ3n) is 11.3. The summed E-state index contributed by atoms with van der Waals surface area (Å²) in [7, 11) is 1.51. The van der Waals surface area contributed by atoms with Gasteiger partial charge in [-0.2, -0.15) is 0 Å². The van der Waals surface area contributed by atoms with Gasteiger partial charge in [-0.3, -0.25) is 0 Å². The highest BCUT2D eigenvalue weighted by Gasteiger charge is 2.57. The van der Waals surface area contributed by atoms with Crippen molar-refractivity contribution in [2.24, 2.45) is 0 Å². The molecule has 0 bridgehead atoms. The van der Waals surface area contributed by atoms with E-state index in [1.807, 2.05) is 0 Å². The molecular formula is C38H56O24. The molecule has 0 amide bonds. The molecule has 5 aliphatic rings. The number of carbonyl (C=O) groups excluding carboxylic acids is 1. The summed E-state index contributed by atoms with van der Waals surface area (Å²) in [5.41, 5.74) is -1.55. The monoisotopic (exact) mass is 896 g/mol. The zero-order valence-corrected chi connectivity index (χ0v) is 33.7. The van der Waals surface area contributed by atoms with E-state index in [2.05, 4.69) is 0 Å². The van der Waals surface area contributed by atoms with Gasteiger partial charge in [-0.15, -0.1) is 0 Å². The van der Waals surface area contributed by atoms with E-state index in [0.29, 0.717) is 11.3 Å². The van der Waals surface area contributed by atoms with Gasteiger partial charge in [0.25, 0.3) is 0 Å². The van der Waals surface area contributed by atoms with Crippen LogP contribution in [-0.4, -0.2) is 235 Å². The minimum atomic E-state index is -2.18. The molecule has 0 aromatic heterocycles. The van der Waals surface area contributed by atoms with Crippen molar-refractivity contribution < 1.29 is 118 Å². The normalized spacial score (nSPS) is 46.5. The van der Waals surface area contributed by atoms with Gasteiger partial charge < -0.3 is 113 Å². The maximum atomic E-state index is 12.8. The minimum absolute atomic E-state index is 0.549. The Kier molecular flexibility index (Phi) is 16.3. The first-order valence-electron chi connectivity index (χ1n) is 19.8. The number of rotatable bonds is 14. The number of ether oxygens (including phenoxy) is 11. The second kappa shape index (κ2) is 20.7. The summed E-state index contributed by atoms with van der Waals surface area (Å²) in [6.07, 6.45) is -32.5. The largest absolute Gasteiger partial charge is 0.497 e. The third kappa shape index (κ3) is 10.4. The summed E-state index contributed by atoms with van der Waals surface area (Å²) in [5.74, 6) is -0.282. The fourth-order valence-electron chi connectivity index (χ4n) is 7.55. The van der Waals surface area contributed by atoms with Crippen LogP contribution < -0.4 is 4.74 Å². The SMILES string of the molecule is COc1ccc(/C=C/C(=O)O[C@@H]2[C@H](O)[C@@H](O[C@@H]3O[C@@H](C)[C@H](O[C@@H]4OC[C@@H](O[C@@H]5O[C@H](CO)[C@H](O)[C@H](O)[C@H]5O)[C@H](O)[C@H]4O)[C@@H](O[C@@H]4OC[C@](O)(CO)[C@H]4O)[C@H]3O)[C@H](O)O[C@@H]2C)cc1. The lowest BCUT2D eigenvalue weighted by atomic mass is 9.96. The maximum absolute atomic E-state index is 12.8. The van der Waals surface area contributed by atoms with E-state index in [-0.39, 0.29) is 0 Å². The Labute approximate surface area is 353 Å². The molecule has 1 aromatic rings. The number of benzene rings is 1. The molecule has 0 radical (unpaired) electrons. The lowest BCUT2D eigenvalue weighted by molar-refractivity contribution is -0.387. The molecule has 24 nitrogen and oxygen atoms in total. The van der Waals surface area contributed by atoms with E-state index in [9.17, 15) is 66.1 Å². The van der Waals surface area contributed by atoms with Crippen LogP contribution in [0.2, 0.25) is 0 Å². The minimum Gasteiger partial charge on any atom is -0.497 e. The van der Waals surface area contributed by atoms with Gasteiger partial charge in [-0.1, -0.05) is 12.1 Å². The smallest absolute Gasteiger partial charge is 0.331 e. The first kappa shape index (κ1) is 48.8. The van der Waals surface area contributed by atoms with E-state index >= 15 is 0 Å². The van der Waals surface area contributed by atoms with Gasteiger partial charge in [-0.25, -0.2) is 4.79 Å². The molecule has 6 rings (SSSR count). The van der Waals surface area contributed by atoms with E-state index < -0.39 is 167 Å². The fourth-order valence-corrected chi connectivity index (χ4v) is 7.55. The quantitative estimate of drug-likeness (QED) is 0.0610. The molecule has 0 spiro atoms. The molecule has 5 saturated heterocycles. The van der Waals surface area contributed by atoms with Crippen LogP contribution >= 0.6 is 0 Å². The summed E-state index contributed by atoms with van der Waals surface area (Å²) in [4.78, 5) is 12.8. The van der Waals surface area contributed by atoms with Crippen LogP contribution in [0.25, 0.3) is 6.08 Å². The summed E-state index contributed by atoms with van der Waals surface area (Å²) in [5, 5.41) is 127. The van der Waals surface area contributed by atoms with Gasteiger partial charge in [0.2, 0.25) is 0 Å². The lowest BCUT2D eigenvalue weighted by Gasteiger charge is -2.48. The topological polar surface area (TPSA) is 361 Å². The Morgan fingerprint density at radius 3 is 1.97 bits per heavy atom. The van der Waals surface area contributed by atoms with Crippen LogP contribution in [-0.2, 0) is 52.2 Å². The first-order chi connectivity index (χ1) is 29.4. The van der Waals surface area contributed by atoms with Crippen molar-refractivity contribution >= 4 is 12.0 Å². The Hall–Kier alpha value is -2.61. The van der Waals surface area contributed by atoms with E-state index in [0.717, 1.165) is 6.08 Å². The predicted octanol–water partition coefficient (Wildman–Crippen LogP) is -6.32. The van der Waals surface area contributed by atoms with Crippen molar-refractivity contribution in [2.75, 3.05) is 33.5 Å². The van der Waals surface area contributed by atoms with E-state index in [1.165, 1.54) is 27.0 Å². The molecule has 5 fully saturated rings. The van der Waals surface area contributed by atoms with Gasteiger partial charge in [0, 0.05) is 6.08 Å². The summed E-state index contributed by atoms with van der Waals surface area (Å²) in [6, 6.07) is 6.74. The van der Waals surface area contributed by atoms with Crippen molar-refractivity contribution in [3.05, 3.63) is 35.9 Å².